The predicted octanol–water partition coefficient (Wildman–Crippen LogP) is 2.93. The van der Waals surface area contributed by atoms with Crippen molar-refractivity contribution >= 4 is 35.6 Å². The van der Waals surface area contributed by atoms with Crippen molar-refractivity contribution in [3.63, 3.8) is 0 Å². The summed E-state index contributed by atoms with van der Waals surface area (Å²) >= 11 is 0. The number of anilines is 2. The number of carbonyl (C=O) groups is 2. The van der Waals surface area contributed by atoms with Gasteiger partial charge in [-0.15, -0.1) is 0 Å². The Kier molecular flexibility index (Phi) is 5.90. The Morgan fingerprint density at radius 2 is 1.93 bits per heavy atom. The molecule has 1 fully saturated rings. The molecule has 3 N–H and O–H groups in total. The van der Waals surface area contributed by atoms with Gasteiger partial charge in [0.25, 0.3) is 5.91 Å². The first kappa shape index (κ1) is 20.8. The predicted molar refractivity (Wildman–Crippen MR) is 111 cm³/mol. The van der Waals surface area contributed by atoms with E-state index >= 15 is 0 Å². The molecule has 0 bridgehead atoms. The summed E-state index contributed by atoms with van der Waals surface area (Å²) in [5.41, 5.74) is 0.331. The maximum Gasteiger partial charge on any atom is 0.257 e. The molecule has 1 amide bonds. The first-order chi connectivity index (χ1) is 13.7. The van der Waals surface area contributed by atoms with Crippen LogP contribution in [0.25, 0.3) is 0 Å². The largest absolute Gasteiger partial charge is 0.345 e. The molecular weight excluding hydrogens is 389 g/mol. The summed E-state index contributed by atoms with van der Waals surface area (Å²) in [7, 11) is -2.34. The Hall–Kier alpha value is -2.91. The number of aromatic amines is 1. The van der Waals surface area contributed by atoms with E-state index in [1.165, 1.54) is 6.20 Å². The molecule has 1 saturated carbocycles. The van der Waals surface area contributed by atoms with E-state index in [1.807, 2.05) is 0 Å². The normalized spacial score (nSPS) is 16.1. The van der Waals surface area contributed by atoms with Gasteiger partial charge < -0.3 is 15.2 Å². The van der Waals surface area contributed by atoms with Crippen molar-refractivity contribution in [3.05, 3.63) is 36.0 Å². The molecule has 0 unspecified atom stereocenters. The lowest BCUT2D eigenvalue weighted by Gasteiger charge is -2.35. The highest BCUT2D eigenvalue weighted by Gasteiger charge is 2.36. The van der Waals surface area contributed by atoms with Crippen LogP contribution >= 0.6 is 7.14 Å². The van der Waals surface area contributed by atoms with Crippen molar-refractivity contribution in [2.45, 2.75) is 37.6 Å². The van der Waals surface area contributed by atoms with Crippen molar-refractivity contribution in [1.29, 1.82) is 5.26 Å². The zero-order valence-electron chi connectivity index (χ0n) is 16.5. The van der Waals surface area contributed by atoms with Gasteiger partial charge >= 0.3 is 0 Å². The van der Waals surface area contributed by atoms with Crippen LogP contribution in [-0.4, -0.2) is 40.8 Å². The van der Waals surface area contributed by atoms with E-state index < -0.39 is 12.7 Å². The number of hydrogen-bond acceptors (Lipinski definition) is 6. The minimum absolute atomic E-state index is 0.155. The van der Waals surface area contributed by atoms with Crippen LogP contribution in [0, 0.1) is 11.3 Å². The summed E-state index contributed by atoms with van der Waals surface area (Å²) in [6, 6.07) is 9.28. The number of aromatic nitrogens is 2. The number of ketones is 1. The van der Waals surface area contributed by atoms with Crippen LogP contribution in [0.4, 0.5) is 11.5 Å². The van der Waals surface area contributed by atoms with E-state index in [1.54, 1.807) is 37.6 Å². The number of nitrogens with one attached hydrogen (secondary N) is 3. The molecule has 152 valence electrons. The lowest BCUT2D eigenvalue weighted by atomic mass is 9.79. The summed E-state index contributed by atoms with van der Waals surface area (Å²) in [5.74, 6) is 0.158. The molecule has 0 radical (unpaired) electrons. The number of amides is 1. The van der Waals surface area contributed by atoms with Gasteiger partial charge in [0.05, 0.1) is 18.0 Å². The van der Waals surface area contributed by atoms with Gasteiger partial charge in [0.15, 0.2) is 5.82 Å². The zero-order valence-corrected chi connectivity index (χ0v) is 17.4. The highest BCUT2D eigenvalue weighted by Crippen LogP contribution is 2.35. The molecule has 29 heavy (non-hydrogen) atoms. The Bertz CT molecular complexity index is 990. The third kappa shape index (κ3) is 4.93. The lowest BCUT2D eigenvalue weighted by Crippen LogP contribution is -2.50. The molecule has 0 atom stereocenters. The third-order valence-electron chi connectivity index (χ3n) is 5.20. The third-order valence-corrected chi connectivity index (χ3v) is 6.74. The standard InChI is InChI=1S/C20H24N5O3P/c1-29(2,28)16-5-3-14(4-6-16)23-18-17(13-22-25-18)19(27)24-20(11-12-21)9-7-15(26)8-10-20/h3-6,13H,7-11H2,1-2H3,(H,24,27)(H2,22,23,25). The number of H-pyrrole nitrogens is 1. The van der Waals surface area contributed by atoms with Gasteiger partial charge in [-0.2, -0.15) is 10.4 Å². The van der Waals surface area contributed by atoms with Gasteiger partial charge in [0.2, 0.25) is 0 Å². The number of nitriles is 1. The number of rotatable bonds is 6. The number of benzene rings is 1. The van der Waals surface area contributed by atoms with Crippen LogP contribution in [0.15, 0.2) is 30.5 Å². The van der Waals surface area contributed by atoms with Crippen molar-refractivity contribution in [2.75, 3.05) is 18.6 Å². The fourth-order valence-electron chi connectivity index (χ4n) is 3.41. The Labute approximate surface area is 169 Å². The molecule has 1 aliphatic carbocycles. The second-order valence-electron chi connectivity index (χ2n) is 7.78. The quantitative estimate of drug-likeness (QED) is 0.625. The van der Waals surface area contributed by atoms with Crippen LogP contribution in [0.3, 0.4) is 0 Å². The van der Waals surface area contributed by atoms with Gasteiger partial charge in [-0.25, -0.2) is 0 Å². The highest BCUT2D eigenvalue weighted by molar-refractivity contribution is 7.70. The lowest BCUT2D eigenvalue weighted by molar-refractivity contribution is -0.121. The first-order valence-corrected chi connectivity index (χ1v) is 12.0. The Morgan fingerprint density at radius 1 is 1.28 bits per heavy atom. The number of Topliss-reactive ketones (excluding diaryl/α,β-unsaturated/α-hetero) is 1. The first-order valence-electron chi connectivity index (χ1n) is 9.40. The average molecular weight is 413 g/mol. The van der Waals surface area contributed by atoms with E-state index in [0.29, 0.717) is 42.8 Å². The Morgan fingerprint density at radius 3 is 2.52 bits per heavy atom. The number of hydrogen-bond donors (Lipinski definition) is 3. The average Bonchev–Trinajstić information content (AvgIpc) is 3.12. The van der Waals surface area contributed by atoms with Gasteiger partial charge in [0.1, 0.15) is 18.5 Å². The zero-order chi connectivity index (χ0) is 21.1. The summed E-state index contributed by atoms with van der Waals surface area (Å²) in [5, 5.41) is 22.8. The van der Waals surface area contributed by atoms with Gasteiger partial charge in [-0.3, -0.25) is 14.7 Å². The SMILES string of the molecule is CP(C)(=O)c1ccc(Nc2n[nH]cc2C(=O)NC2(CC#N)CCC(=O)CC2)cc1. The molecule has 2 aromatic rings. The maximum atomic E-state index is 12.9. The molecule has 1 heterocycles. The van der Waals surface area contributed by atoms with E-state index in [0.717, 1.165) is 5.30 Å². The van der Waals surface area contributed by atoms with Crippen LogP contribution in [0.5, 0.6) is 0 Å². The van der Waals surface area contributed by atoms with Crippen molar-refractivity contribution in [1.82, 2.24) is 15.5 Å². The molecule has 0 spiro atoms. The fourth-order valence-corrected chi connectivity index (χ4v) is 4.28. The van der Waals surface area contributed by atoms with Gasteiger partial charge in [0, 0.05) is 30.0 Å². The summed E-state index contributed by atoms with van der Waals surface area (Å²) in [6.45, 7) is 3.42. The molecule has 1 aliphatic rings. The van der Waals surface area contributed by atoms with Crippen molar-refractivity contribution < 1.29 is 14.2 Å². The molecule has 1 aromatic heterocycles. The number of nitrogens with zero attached hydrogens (tertiary/aromatic N) is 2. The highest BCUT2D eigenvalue weighted by atomic mass is 31.2. The maximum absolute atomic E-state index is 12.9. The van der Waals surface area contributed by atoms with Crippen molar-refractivity contribution in [2.24, 2.45) is 0 Å². The summed E-state index contributed by atoms with van der Waals surface area (Å²) < 4.78 is 12.1. The summed E-state index contributed by atoms with van der Waals surface area (Å²) in [4.78, 5) is 24.5. The molecule has 3 rings (SSSR count). The number of carbonyl (C=O) groups excluding carboxylic acids is 2. The fraction of sp³-hybridized carbons (Fsp3) is 0.400. The smallest absolute Gasteiger partial charge is 0.257 e. The van der Waals surface area contributed by atoms with E-state index in [-0.39, 0.29) is 18.1 Å². The van der Waals surface area contributed by atoms with Crippen LogP contribution < -0.4 is 15.9 Å². The van der Waals surface area contributed by atoms with Crippen LogP contribution in [0.2, 0.25) is 0 Å². The van der Waals surface area contributed by atoms with Gasteiger partial charge in [-0.05, 0) is 50.4 Å². The molecular formula is C20H24N5O3P. The minimum atomic E-state index is -2.34. The van der Waals surface area contributed by atoms with E-state index in [2.05, 4.69) is 26.9 Å². The minimum Gasteiger partial charge on any atom is -0.345 e. The van der Waals surface area contributed by atoms with E-state index in [9.17, 15) is 19.4 Å². The molecule has 0 aliphatic heterocycles. The second-order valence-corrected chi connectivity index (χ2v) is 11.0. The van der Waals surface area contributed by atoms with E-state index in [4.69, 9.17) is 0 Å². The van der Waals surface area contributed by atoms with Crippen molar-refractivity contribution in [3.8, 4) is 6.07 Å². The van der Waals surface area contributed by atoms with Crippen LogP contribution in [0.1, 0.15) is 42.5 Å². The topological polar surface area (TPSA) is 128 Å². The molecule has 8 nitrogen and oxygen atoms in total. The molecule has 0 saturated heterocycles. The Balaban J connectivity index is 1.75. The van der Waals surface area contributed by atoms with Crippen LogP contribution in [-0.2, 0) is 9.36 Å². The molecule has 1 aromatic carbocycles. The molecule has 9 heteroatoms. The second kappa shape index (κ2) is 8.22. The monoisotopic (exact) mass is 413 g/mol. The van der Waals surface area contributed by atoms with Gasteiger partial charge in [-0.1, -0.05) is 0 Å². The summed E-state index contributed by atoms with van der Waals surface area (Å²) in [6.07, 6.45) is 3.30.